The first-order valence-electron chi connectivity index (χ1n) is 11.4. The third-order valence-electron chi connectivity index (χ3n) is 5.44. The molecular weight excluding hydrogens is 459 g/mol. The smallest absolute Gasteiger partial charge is 0.279 e. The van der Waals surface area contributed by atoms with Crippen molar-refractivity contribution in [3.8, 4) is 5.75 Å². The molecule has 0 spiro atoms. The Morgan fingerprint density at radius 2 is 1.72 bits per heavy atom. The third kappa shape index (κ3) is 5.55. The van der Waals surface area contributed by atoms with Crippen molar-refractivity contribution < 1.29 is 18.7 Å². The van der Waals surface area contributed by atoms with Crippen molar-refractivity contribution in [2.75, 3.05) is 16.8 Å². The minimum atomic E-state index is -1.14. The van der Waals surface area contributed by atoms with Crippen molar-refractivity contribution in [2.45, 2.75) is 19.9 Å². The number of amides is 2. The Hall–Kier alpha value is -4.59. The molecule has 8 heteroatoms. The van der Waals surface area contributed by atoms with E-state index in [1.54, 1.807) is 36.4 Å². The number of hydrogen-bond donors (Lipinski definition) is 1. The van der Waals surface area contributed by atoms with Gasteiger partial charge in [-0.2, -0.15) is 0 Å². The van der Waals surface area contributed by atoms with Crippen molar-refractivity contribution in [3.05, 3.63) is 114 Å². The molecule has 0 radical (unpaired) electrons. The molecule has 36 heavy (non-hydrogen) atoms. The Labute approximate surface area is 208 Å². The molecule has 0 aliphatic heterocycles. The number of carbonyl (C=O) groups excluding carboxylic acids is 2. The number of hydrogen-bond acceptors (Lipinski definition) is 5. The molecule has 7 nitrogen and oxygen atoms in total. The van der Waals surface area contributed by atoms with Crippen LogP contribution in [0.4, 0.5) is 15.8 Å². The van der Waals surface area contributed by atoms with Gasteiger partial charge in [-0.05, 0) is 56.3 Å². The first kappa shape index (κ1) is 24.5. The van der Waals surface area contributed by atoms with Crippen molar-refractivity contribution in [1.82, 2.24) is 9.97 Å². The molecule has 1 N–H and O–H groups in total. The minimum absolute atomic E-state index is 0.0755. The number of aromatic nitrogens is 2. The Bertz CT molecular complexity index is 1330. The van der Waals surface area contributed by atoms with Crippen molar-refractivity contribution in [1.29, 1.82) is 0 Å². The van der Waals surface area contributed by atoms with Gasteiger partial charge in [-0.1, -0.05) is 35.9 Å². The van der Waals surface area contributed by atoms with Crippen LogP contribution in [0.1, 0.15) is 34.6 Å². The maximum Gasteiger partial charge on any atom is 0.279 e. The minimum Gasteiger partial charge on any atom is -0.493 e. The van der Waals surface area contributed by atoms with Gasteiger partial charge in [0, 0.05) is 29.3 Å². The lowest BCUT2D eigenvalue weighted by Crippen LogP contribution is -2.42. The molecule has 4 aromatic rings. The van der Waals surface area contributed by atoms with E-state index in [9.17, 15) is 14.0 Å². The summed E-state index contributed by atoms with van der Waals surface area (Å²) in [6.45, 7) is 4.14. The van der Waals surface area contributed by atoms with Crippen LogP contribution in [0.15, 0.2) is 91.4 Å². The molecule has 1 aromatic heterocycles. The highest BCUT2D eigenvalue weighted by molar-refractivity contribution is 6.11. The number of para-hydroxylation sites is 1. The van der Waals surface area contributed by atoms with Gasteiger partial charge in [0.15, 0.2) is 0 Å². The lowest BCUT2D eigenvalue weighted by Gasteiger charge is -2.32. The van der Waals surface area contributed by atoms with Gasteiger partial charge in [0.1, 0.15) is 23.3 Å². The summed E-state index contributed by atoms with van der Waals surface area (Å²) in [6.07, 6.45) is 4.24. The van der Waals surface area contributed by atoms with Crippen LogP contribution < -0.4 is 15.0 Å². The van der Waals surface area contributed by atoms with E-state index < -0.39 is 23.7 Å². The molecule has 1 atom stereocenters. The van der Waals surface area contributed by atoms with Gasteiger partial charge in [-0.15, -0.1) is 0 Å². The standard InChI is InChI=1S/C28H25FN4O3/c1-3-36-25-7-5-4-6-23(25)26(27(34)32-21-12-10-20(29)11-13-21)33(22-14-8-19(2)9-15-22)28(35)24-18-30-16-17-31-24/h4-18,26H,3H2,1-2H3,(H,32,34)/t26-/m0/s1. The molecule has 4 rings (SSSR count). The van der Waals surface area contributed by atoms with Gasteiger partial charge in [-0.3, -0.25) is 19.5 Å². The molecular formula is C28H25FN4O3. The van der Waals surface area contributed by atoms with E-state index >= 15 is 0 Å². The Balaban J connectivity index is 1.88. The van der Waals surface area contributed by atoms with Crippen molar-refractivity contribution in [3.63, 3.8) is 0 Å². The number of aryl methyl sites for hydroxylation is 1. The summed E-state index contributed by atoms with van der Waals surface area (Å²) in [7, 11) is 0. The lowest BCUT2D eigenvalue weighted by molar-refractivity contribution is -0.117. The van der Waals surface area contributed by atoms with Crippen LogP contribution in [-0.2, 0) is 4.79 Å². The average molecular weight is 485 g/mol. The fourth-order valence-corrected chi connectivity index (χ4v) is 3.76. The quantitative estimate of drug-likeness (QED) is 0.365. The number of ether oxygens (including phenoxy) is 1. The van der Waals surface area contributed by atoms with Gasteiger partial charge in [0.2, 0.25) is 0 Å². The van der Waals surface area contributed by atoms with E-state index in [1.165, 1.54) is 47.8 Å². The molecule has 0 bridgehead atoms. The van der Waals surface area contributed by atoms with E-state index in [-0.39, 0.29) is 5.69 Å². The first-order chi connectivity index (χ1) is 17.5. The maximum atomic E-state index is 13.9. The van der Waals surface area contributed by atoms with E-state index in [0.717, 1.165) is 5.56 Å². The second-order valence-corrected chi connectivity index (χ2v) is 7.97. The van der Waals surface area contributed by atoms with Crippen LogP contribution in [-0.4, -0.2) is 28.4 Å². The molecule has 0 saturated carbocycles. The van der Waals surface area contributed by atoms with E-state index in [1.807, 2.05) is 26.0 Å². The number of halogens is 1. The predicted molar refractivity (Wildman–Crippen MR) is 135 cm³/mol. The molecule has 1 heterocycles. The maximum absolute atomic E-state index is 13.9. The van der Waals surface area contributed by atoms with Gasteiger partial charge in [0.05, 0.1) is 12.8 Å². The predicted octanol–water partition coefficient (Wildman–Crippen LogP) is 5.35. The number of nitrogens with zero attached hydrogens (tertiary/aromatic N) is 3. The van der Waals surface area contributed by atoms with Crippen molar-refractivity contribution in [2.24, 2.45) is 0 Å². The van der Waals surface area contributed by atoms with Crippen LogP contribution in [0.3, 0.4) is 0 Å². The molecule has 0 fully saturated rings. The van der Waals surface area contributed by atoms with Crippen LogP contribution in [0.2, 0.25) is 0 Å². The highest BCUT2D eigenvalue weighted by atomic mass is 19.1. The largest absolute Gasteiger partial charge is 0.493 e. The second kappa shape index (κ2) is 11.2. The summed E-state index contributed by atoms with van der Waals surface area (Å²) in [5.41, 5.74) is 2.42. The Morgan fingerprint density at radius 1 is 1.00 bits per heavy atom. The molecule has 182 valence electrons. The monoisotopic (exact) mass is 484 g/mol. The van der Waals surface area contributed by atoms with Crippen LogP contribution in [0.5, 0.6) is 5.75 Å². The number of anilines is 2. The molecule has 3 aromatic carbocycles. The Kier molecular flexibility index (Phi) is 7.65. The van der Waals surface area contributed by atoms with Gasteiger partial charge >= 0.3 is 0 Å². The van der Waals surface area contributed by atoms with Crippen LogP contribution in [0.25, 0.3) is 0 Å². The molecule has 0 unspecified atom stereocenters. The molecule has 0 aliphatic carbocycles. The zero-order valence-electron chi connectivity index (χ0n) is 19.9. The fourth-order valence-electron chi connectivity index (χ4n) is 3.76. The summed E-state index contributed by atoms with van der Waals surface area (Å²) in [5, 5.41) is 2.81. The van der Waals surface area contributed by atoms with Crippen LogP contribution >= 0.6 is 0 Å². The summed E-state index contributed by atoms with van der Waals surface area (Å²) in [4.78, 5) is 37.3. The average Bonchev–Trinajstić information content (AvgIpc) is 2.90. The van der Waals surface area contributed by atoms with Gasteiger partial charge in [-0.25, -0.2) is 9.37 Å². The second-order valence-electron chi connectivity index (χ2n) is 7.97. The zero-order valence-corrected chi connectivity index (χ0v) is 19.9. The Morgan fingerprint density at radius 3 is 2.39 bits per heavy atom. The number of rotatable bonds is 8. The number of carbonyl (C=O) groups is 2. The van der Waals surface area contributed by atoms with E-state index in [4.69, 9.17) is 4.74 Å². The summed E-state index contributed by atoms with van der Waals surface area (Å²) >= 11 is 0. The fraction of sp³-hybridized carbons (Fsp3) is 0.143. The topological polar surface area (TPSA) is 84.4 Å². The van der Waals surface area contributed by atoms with Crippen molar-refractivity contribution >= 4 is 23.2 Å². The first-order valence-corrected chi connectivity index (χ1v) is 11.4. The summed E-state index contributed by atoms with van der Waals surface area (Å²) < 4.78 is 19.3. The van der Waals surface area contributed by atoms with Gasteiger partial charge < -0.3 is 10.1 Å². The number of benzene rings is 3. The van der Waals surface area contributed by atoms with Gasteiger partial charge in [0.25, 0.3) is 11.8 Å². The molecule has 0 aliphatic rings. The molecule has 0 saturated heterocycles. The van der Waals surface area contributed by atoms with Crippen LogP contribution in [0, 0.1) is 12.7 Å². The lowest BCUT2D eigenvalue weighted by atomic mass is 10.0. The van der Waals surface area contributed by atoms with E-state index in [0.29, 0.717) is 29.3 Å². The highest BCUT2D eigenvalue weighted by Crippen LogP contribution is 2.35. The van der Waals surface area contributed by atoms with E-state index in [2.05, 4.69) is 15.3 Å². The SMILES string of the molecule is CCOc1ccccc1[C@@H](C(=O)Nc1ccc(F)cc1)N(C(=O)c1cnccn1)c1ccc(C)cc1. The zero-order chi connectivity index (χ0) is 25.5. The number of nitrogens with one attached hydrogen (secondary N) is 1. The summed E-state index contributed by atoms with van der Waals surface area (Å²) in [6, 6.07) is 18.6. The third-order valence-corrected chi connectivity index (χ3v) is 5.44. The highest BCUT2D eigenvalue weighted by Gasteiger charge is 2.36. The molecule has 2 amide bonds. The normalized spacial score (nSPS) is 11.4. The summed E-state index contributed by atoms with van der Waals surface area (Å²) in [5.74, 6) is -0.988.